The number of hydrogen-bond donors (Lipinski definition) is 2. The van der Waals surface area contributed by atoms with Crippen LogP contribution in [0.15, 0.2) is 42.7 Å². The third kappa shape index (κ3) is 6.70. The van der Waals surface area contributed by atoms with Gasteiger partial charge in [0.05, 0.1) is 20.8 Å². The highest BCUT2D eigenvalue weighted by atomic mass is 16.5. The molecule has 1 aliphatic carbocycles. The number of benzene rings is 2. The van der Waals surface area contributed by atoms with Crippen LogP contribution in [0.5, 0.6) is 17.2 Å². The number of nitrogens with one attached hydrogen (secondary N) is 2. The molecule has 2 heterocycles. The molecule has 10 heteroatoms. The van der Waals surface area contributed by atoms with E-state index in [0.717, 1.165) is 42.0 Å². The Labute approximate surface area is 247 Å². The highest BCUT2D eigenvalue weighted by Crippen LogP contribution is 2.33. The van der Waals surface area contributed by atoms with Gasteiger partial charge in [0.1, 0.15) is 24.2 Å². The zero-order valence-corrected chi connectivity index (χ0v) is 24.9. The van der Waals surface area contributed by atoms with Gasteiger partial charge in [-0.3, -0.25) is 14.5 Å². The summed E-state index contributed by atoms with van der Waals surface area (Å²) in [5, 5.41) is 5.98. The largest absolute Gasteiger partial charge is 0.496 e. The Hall–Kier alpha value is -4.05. The van der Waals surface area contributed by atoms with E-state index in [1.807, 2.05) is 47.7 Å². The van der Waals surface area contributed by atoms with Gasteiger partial charge >= 0.3 is 0 Å². The Kier molecular flexibility index (Phi) is 9.31. The van der Waals surface area contributed by atoms with E-state index in [1.54, 1.807) is 20.4 Å². The number of rotatable bonds is 5. The minimum Gasteiger partial charge on any atom is -0.496 e. The number of ether oxygens (including phenoxy) is 3. The molecule has 2 bridgehead atoms. The second-order valence-corrected chi connectivity index (χ2v) is 11.2. The number of hydrogen-bond acceptors (Lipinski definition) is 7. The lowest BCUT2D eigenvalue weighted by atomic mass is 10.0. The van der Waals surface area contributed by atoms with Crippen molar-refractivity contribution < 1.29 is 23.8 Å². The minimum absolute atomic E-state index is 0.0811. The van der Waals surface area contributed by atoms with Crippen LogP contribution in [0, 0.1) is 5.92 Å². The molecule has 0 unspecified atom stereocenters. The fraction of sp³-hybridized carbons (Fsp3) is 0.469. The highest BCUT2D eigenvalue weighted by molar-refractivity contribution is 5.88. The summed E-state index contributed by atoms with van der Waals surface area (Å²) in [7, 11) is 3.30. The number of carbonyl (C=O) groups excluding carboxylic acids is 2. The van der Waals surface area contributed by atoms with Crippen LogP contribution in [0.3, 0.4) is 0 Å². The number of amides is 2. The van der Waals surface area contributed by atoms with E-state index in [9.17, 15) is 9.59 Å². The second-order valence-electron chi connectivity index (χ2n) is 11.2. The summed E-state index contributed by atoms with van der Waals surface area (Å²) in [5.41, 5.74) is 4.58. The van der Waals surface area contributed by atoms with Crippen molar-refractivity contribution in [3.63, 3.8) is 0 Å². The van der Waals surface area contributed by atoms with Gasteiger partial charge in [0.2, 0.25) is 11.8 Å². The lowest BCUT2D eigenvalue weighted by molar-refractivity contribution is -0.130. The van der Waals surface area contributed by atoms with Crippen molar-refractivity contribution in [2.24, 2.45) is 5.92 Å². The first-order valence-electron chi connectivity index (χ1n) is 14.7. The predicted molar refractivity (Wildman–Crippen MR) is 160 cm³/mol. The Balaban J connectivity index is 1.45. The number of imidazole rings is 1. The predicted octanol–water partition coefficient (Wildman–Crippen LogP) is 3.21. The first-order valence-corrected chi connectivity index (χ1v) is 14.7. The van der Waals surface area contributed by atoms with E-state index in [1.165, 1.54) is 11.1 Å². The van der Waals surface area contributed by atoms with Crippen molar-refractivity contribution in [1.29, 1.82) is 0 Å². The van der Waals surface area contributed by atoms with Crippen molar-refractivity contribution in [3.05, 3.63) is 59.4 Å². The Morgan fingerprint density at radius 2 is 1.83 bits per heavy atom. The summed E-state index contributed by atoms with van der Waals surface area (Å²) in [6.45, 7) is 6.18. The maximum atomic E-state index is 13.4. The van der Waals surface area contributed by atoms with Gasteiger partial charge in [0.25, 0.3) is 0 Å². The number of aromatic nitrogens is 2. The summed E-state index contributed by atoms with van der Waals surface area (Å²) in [6.07, 6.45) is 6.87. The molecule has 224 valence electrons. The molecule has 10 nitrogen and oxygen atoms in total. The molecule has 2 N–H and O–H groups in total. The molecule has 2 amide bonds. The smallest absolute Gasteiger partial charge is 0.242 e. The van der Waals surface area contributed by atoms with E-state index in [0.29, 0.717) is 44.3 Å². The average molecular weight is 576 g/mol. The van der Waals surface area contributed by atoms with Gasteiger partial charge in [-0.05, 0) is 60.6 Å². The van der Waals surface area contributed by atoms with Crippen LogP contribution >= 0.6 is 0 Å². The molecule has 2 aromatic carbocycles. The number of methoxy groups -OCH3 is 2. The van der Waals surface area contributed by atoms with Gasteiger partial charge in [-0.2, -0.15) is 0 Å². The average Bonchev–Trinajstić information content (AvgIpc) is 3.64. The number of fused-ring (bicyclic) bond motifs is 5. The molecule has 1 atom stereocenters. The minimum atomic E-state index is -0.651. The molecule has 1 aromatic heterocycles. The monoisotopic (exact) mass is 575 g/mol. The Bertz CT molecular complexity index is 1420. The first-order chi connectivity index (χ1) is 20.4. The van der Waals surface area contributed by atoms with Crippen molar-refractivity contribution in [1.82, 2.24) is 25.1 Å². The third-order valence-corrected chi connectivity index (χ3v) is 7.98. The van der Waals surface area contributed by atoms with E-state index in [2.05, 4.69) is 27.8 Å². The van der Waals surface area contributed by atoms with Gasteiger partial charge in [-0.25, -0.2) is 4.98 Å². The number of aryl methyl sites for hydroxylation is 2. The Morgan fingerprint density at radius 3 is 2.60 bits per heavy atom. The van der Waals surface area contributed by atoms with Crippen molar-refractivity contribution >= 4 is 11.8 Å². The molecular formula is C32H41N5O5. The normalized spacial score (nSPS) is 18.4. The maximum absolute atomic E-state index is 13.4. The van der Waals surface area contributed by atoms with Crippen molar-refractivity contribution in [2.75, 3.05) is 40.5 Å². The quantitative estimate of drug-likeness (QED) is 0.481. The van der Waals surface area contributed by atoms with Gasteiger partial charge < -0.3 is 29.4 Å². The summed E-state index contributed by atoms with van der Waals surface area (Å²) < 4.78 is 19.6. The third-order valence-electron chi connectivity index (χ3n) is 7.98. The molecule has 0 fully saturated rings. The van der Waals surface area contributed by atoms with Gasteiger partial charge in [-0.15, -0.1) is 0 Å². The fourth-order valence-corrected chi connectivity index (χ4v) is 5.75. The highest BCUT2D eigenvalue weighted by Gasteiger charge is 2.26. The van der Waals surface area contributed by atoms with E-state index in [4.69, 9.17) is 14.2 Å². The van der Waals surface area contributed by atoms with Crippen LogP contribution < -0.4 is 24.8 Å². The standard InChI is InChI=1S/C32H41N5O5/c1-21(2)30-32(39)34-11-13-37-12-10-33-31(37)24-8-9-26(40-3)28(18-24)42-15-14-36(20-29(38)35-30)19-25-16-22-6-5-7-23(22)17-27(25)41-4/h8-10,12,16-18,21,30H,5-7,11,13-15,19-20H2,1-4H3,(H,34,39)(H,35,38)/t30-/m1/s1. The van der Waals surface area contributed by atoms with E-state index in [-0.39, 0.29) is 24.3 Å². The zero-order chi connectivity index (χ0) is 29.6. The van der Waals surface area contributed by atoms with Crippen LogP contribution in [-0.2, 0) is 35.5 Å². The van der Waals surface area contributed by atoms with Gasteiger partial charge in [0, 0.05) is 49.7 Å². The SMILES string of the molecule is COc1cc2c(cc1CN1CCOc3cc(ccc3OC)-c3nccn3CCNC(=O)[C@@H](C(C)C)NC(=O)C1)CCC2. The molecule has 0 radical (unpaired) electrons. The molecule has 0 saturated carbocycles. The van der Waals surface area contributed by atoms with Crippen molar-refractivity contribution in [2.45, 2.75) is 52.2 Å². The van der Waals surface area contributed by atoms with Gasteiger partial charge in [0.15, 0.2) is 11.5 Å². The lowest BCUT2D eigenvalue weighted by Crippen LogP contribution is -2.52. The molecule has 5 rings (SSSR count). The number of carbonyl (C=O) groups is 2. The summed E-state index contributed by atoms with van der Waals surface area (Å²) in [5.74, 6) is 2.30. The summed E-state index contributed by atoms with van der Waals surface area (Å²) in [6, 6.07) is 9.43. The van der Waals surface area contributed by atoms with Crippen LogP contribution in [0.4, 0.5) is 0 Å². The molecule has 1 aliphatic heterocycles. The maximum Gasteiger partial charge on any atom is 0.242 e. The van der Waals surface area contributed by atoms with Crippen LogP contribution in [-0.4, -0.2) is 72.8 Å². The Morgan fingerprint density at radius 1 is 1.05 bits per heavy atom. The molecule has 0 saturated heterocycles. The summed E-state index contributed by atoms with van der Waals surface area (Å²) in [4.78, 5) is 33.1. The second kappa shape index (κ2) is 13.3. The number of nitrogens with zero attached hydrogens (tertiary/aromatic N) is 3. The van der Waals surface area contributed by atoms with Crippen LogP contribution in [0.2, 0.25) is 0 Å². The molecular weight excluding hydrogens is 534 g/mol. The topological polar surface area (TPSA) is 107 Å². The first kappa shape index (κ1) is 29.4. The van der Waals surface area contributed by atoms with Crippen molar-refractivity contribution in [3.8, 4) is 28.6 Å². The molecule has 0 spiro atoms. The summed E-state index contributed by atoms with van der Waals surface area (Å²) >= 11 is 0. The van der Waals surface area contributed by atoms with E-state index < -0.39 is 6.04 Å². The fourth-order valence-electron chi connectivity index (χ4n) is 5.75. The molecule has 3 aromatic rings. The van der Waals surface area contributed by atoms with Crippen LogP contribution in [0.25, 0.3) is 11.4 Å². The zero-order valence-electron chi connectivity index (χ0n) is 24.9. The molecule has 2 aliphatic rings. The lowest BCUT2D eigenvalue weighted by Gasteiger charge is -2.26. The van der Waals surface area contributed by atoms with Crippen LogP contribution in [0.1, 0.15) is 37.0 Å². The molecule has 42 heavy (non-hydrogen) atoms. The van der Waals surface area contributed by atoms with E-state index >= 15 is 0 Å². The van der Waals surface area contributed by atoms with Gasteiger partial charge in [-0.1, -0.05) is 19.9 Å².